The van der Waals surface area contributed by atoms with Crippen LogP contribution in [0.15, 0.2) is 24.3 Å². The first-order chi connectivity index (χ1) is 9.85. The predicted molar refractivity (Wildman–Crippen MR) is 84.0 cm³/mol. The zero-order chi connectivity index (χ0) is 15.5. The number of ether oxygens (including phenoxy) is 1. The predicted octanol–water partition coefficient (Wildman–Crippen LogP) is 3.75. The van der Waals surface area contributed by atoms with E-state index < -0.39 is 5.60 Å². The van der Waals surface area contributed by atoms with Crippen LogP contribution in [-0.2, 0) is 4.74 Å². The monoisotopic (exact) mass is 285 g/mol. The Morgan fingerprint density at radius 3 is 2.81 bits per heavy atom. The molecule has 1 atom stereocenters. The van der Waals surface area contributed by atoms with Crippen LogP contribution in [0.25, 0.3) is 0 Å². The Hall–Kier alpha value is -1.95. The first-order valence-electron chi connectivity index (χ1n) is 7.43. The van der Waals surface area contributed by atoms with Gasteiger partial charge in [-0.15, -0.1) is 0 Å². The molecule has 1 aliphatic heterocycles. The molecule has 21 heavy (non-hydrogen) atoms. The Balaban J connectivity index is 2.08. The molecule has 1 heterocycles. The van der Waals surface area contributed by atoms with Gasteiger partial charge in [-0.05, 0) is 58.2 Å². The van der Waals surface area contributed by atoms with Gasteiger partial charge in [0.1, 0.15) is 5.60 Å². The van der Waals surface area contributed by atoms with Crippen molar-refractivity contribution in [3.8, 4) is 11.8 Å². The van der Waals surface area contributed by atoms with Gasteiger partial charge in [0.15, 0.2) is 0 Å². The fraction of sp³-hybridized carbons (Fsp3) is 0.500. The van der Waals surface area contributed by atoms with Crippen LogP contribution in [-0.4, -0.2) is 29.2 Å². The van der Waals surface area contributed by atoms with Gasteiger partial charge in [-0.3, -0.25) is 4.90 Å². The second kappa shape index (κ2) is 6.22. The number of hydrogen-bond donors (Lipinski definition) is 0. The van der Waals surface area contributed by atoms with E-state index in [2.05, 4.69) is 17.9 Å². The van der Waals surface area contributed by atoms with Gasteiger partial charge in [-0.25, -0.2) is 4.79 Å². The van der Waals surface area contributed by atoms with Crippen LogP contribution in [0, 0.1) is 18.8 Å². The minimum atomic E-state index is -0.464. The topological polar surface area (TPSA) is 29.5 Å². The normalized spacial score (nSPS) is 18.1. The van der Waals surface area contributed by atoms with Crippen LogP contribution < -0.4 is 0 Å². The third-order valence-corrected chi connectivity index (χ3v) is 3.28. The number of hydrogen-bond acceptors (Lipinski definition) is 2. The van der Waals surface area contributed by atoms with Gasteiger partial charge in [-0.2, -0.15) is 0 Å². The van der Waals surface area contributed by atoms with E-state index in [0.29, 0.717) is 0 Å². The molecule has 1 aliphatic rings. The third-order valence-electron chi connectivity index (χ3n) is 3.28. The molecule has 0 spiro atoms. The van der Waals surface area contributed by atoms with E-state index >= 15 is 0 Å². The van der Waals surface area contributed by atoms with Crippen molar-refractivity contribution in [2.75, 3.05) is 6.54 Å². The highest BCUT2D eigenvalue weighted by Crippen LogP contribution is 2.20. The average molecular weight is 285 g/mol. The van der Waals surface area contributed by atoms with E-state index in [1.54, 1.807) is 4.90 Å². The summed E-state index contributed by atoms with van der Waals surface area (Å²) in [6.45, 7) is 8.42. The van der Waals surface area contributed by atoms with Crippen molar-refractivity contribution in [3.05, 3.63) is 35.4 Å². The van der Waals surface area contributed by atoms with E-state index in [-0.39, 0.29) is 12.1 Å². The summed E-state index contributed by atoms with van der Waals surface area (Å²) in [5.41, 5.74) is 1.72. The lowest BCUT2D eigenvalue weighted by Gasteiger charge is -2.26. The summed E-state index contributed by atoms with van der Waals surface area (Å²) in [5, 5.41) is 0. The Kier molecular flexibility index (Phi) is 4.57. The van der Waals surface area contributed by atoms with E-state index in [0.717, 1.165) is 24.9 Å². The van der Waals surface area contributed by atoms with Crippen molar-refractivity contribution in [3.63, 3.8) is 0 Å². The zero-order valence-corrected chi connectivity index (χ0v) is 13.3. The number of benzene rings is 1. The SMILES string of the molecule is Cc1cccc(C#CC2CCCN2C(=O)OC(C)(C)C)c1. The maximum atomic E-state index is 12.2. The lowest BCUT2D eigenvalue weighted by atomic mass is 10.1. The maximum absolute atomic E-state index is 12.2. The van der Waals surface area contributed by atoms with Gasteiger partial charge in [0, 0.05) is 12.1 Å². The molecular weight excluding hydrogens is 262 g/mol. The summed E-state index contributed by atoms with van der Waals surface area (Å²) in [6, 6.07) is 8.06. The molecule has 1 amide bonds. The lowest BCUT2D eigenvalue weighted by Crippen LogP contribution is -2.39. The first kappa shape index (κ1) is 15.4. The maximum Gasteiger partial charge on any atom is 0.411 e. The van der Waals surface area contributed by atoms with E-state index in [9.17, 15) is 4.79 Å². The van der Waals surface area contributed by atoms with Crippen molar-refractivity contribution in [1.29, 1.82) is 0 Å². The molecular formula is C18H23NO2. The first-order valence-corrected chi connectivity index (χ1v) is 7.43. The quantitative estimate of drug-likeness (QED) is 0.679. The summed E-state index contributed by atoms with van der Waals surface area (Å²) >= 11 is 0. The van der Waals surface area contributed by atoms with Gasteiger partial charge >= 0.3 is 6.09 Å². The molecule has 2 rings (SSSR count). The summed E-state index contributed by atoms with van der Waals surface area (Å²) in [7, 11) is 0. The molecule has 1 unspecified atom stereocenters. The number of nitrogens with zero attached hydrogens (tertiary/aromatic N) is 1. The van der Waals surface area contributed by atoms with Crippen molar-refractivity contribution in [2.24, 2.45) is 0 Å². The highest BCUT2D eigenvalue weighted by molar-refractivity contribution is 5.69. The molecule has 0 aliphatic carbocycles. The van der Waals surface area contributed by atoms with Gasteiger partial charge in [0.05, 0.1) is 6.04 Å². The highest BCUT2D eigenvalue weighted by atomic mass is 16.6. The van der Waals surface area contributed by atoms with Crippen molar-refractivity contribution < 1.29 is 9.53 Å². The van der Waals surface area contributed by atoms with Crippen LogP contribution >= 0.6 is 0 Å². The lowest BCUT2D eigenvalue weighted by molar-refractivity contribution is 0.0261. The van der Waals surface area contributed by atoms with Crippen LogP contribution in [0.3, 0.4) is 0 Å². The number of amides is 1. The molecule has 0 saturated carbocycles. The van der Waals surface area contributed by atoms with Crippen LogP contribution in [0.4, 0.5) is 4.79 Å². The minimum Gasteiger partial charge on any atom is -0.444 e. The largest absolute Gasteiger partial charge is 0.444 e. The molecule has 3 heteroatoms. The molecule has 0 radical (unpaired) electrons. The molecule has 0 N–H and O–H groups in total. The van der Waals surface area contributed by atoms with Crippen molar-refractivity contribution in [2.45, 2.75) is 52.2 Å². The van der Waals surface area contributed by atoms with Crippen molar-refractivity contribution in [1.82, 2.24) is 4.90 Å². The Bertz CT molecular complexity index is 575. The summed E-state index contributed by atoms with van der Waals surface area (Å²) in [6.07, 6.45) is 1.63. The van der Waals surface area contributed by atoms with Gasteiger partial charge in [0.2, 0.25) is 0 Å². The highest BCUT2D eigenvalue weighted by Gasteiger charge is 2.30. The van der Waals surface area contributed by atoms with Crippen molar-refractivity contribution >= 4 is 6.09 Å². The Labute approximate surface area is 127 Å². The minimum absolute atomic E-state index is 0.0413. The van der Waals surface area contributed by atoms with Gasteiger partial charge in [-0.1, -0.05) is 24.0 Å². The van der Waals surface area contributed by atoms with Crippen LogP contribution in [0.5, 0.6) is 0 Å². The number of carbonyl (C=O) groups is 1. The summed E-state index contributed by atoms with van der Waals surface area (Å²) < 4.78 is 5.44. The Morgan fingerprint density at radius 2 is 2.14 bits per heavy atom. The molecule has 3 nitrogen and oxygen atoms in total. The molecule has 0 aromatic heterocycles. The third kappa shape index (κ3) is 4.53. The van der Waals surface area contributed by atoms with E-state index in [4.69, 9.17) is 4.74 Å². The second-order valence-corrected chi connectivity index (χ2v) is 6.47. The summed E-state index contributed by atoms with van der Waals surface area (Å²) in [4.78, 5) is 13.9. The fourth-order valence-electron chi connectivity index (χ4n) is 2.35. The molecule has 112 valence electrons. The molecule has 1 fully saturated rings. The molecule has 1 aromatic carbocycles. The number of carbonyl (C=O) groups excluding carboxylic acids is 1. The molecule has 0 bridgehead atoms. The Morgan fingerprint density at radius 1 is 1.38 bits per heavy atom. The smallest absolute Gasteiger partial charge is 0.411 e. The van der Waals surface area contributed by atoms with E-state index in [1.807, 2.05) is 45.9 Å². The molecule has 1 saturated heterocycles. The van der Waals surface area contributed by atoms with Crippen LogP contribution in [0.1, 0.15) is 44.7 Å². The van der Waals surface area contributed by atoms with Crippen LogP contribution in [0.2, 0.25) is 0 Å². The van der Waals surface area contributed by atoms with Gasteiger partial charge < -0.3 is 4.74 Å². The number of aryl methyl sites for hydroxylation is 1. The summed E-state index contributed by atoms with van der Waals surface area (Å²) in [5.74, 6) is 6.39. The molecule has 1 aromatic rings. The number of likely N-dealkylation sites (tertiary alicyclic amines) is 1. The van der Waals surface area contributed by atoms with Gasteiger partial charge in [0.25, 0.3) is 0 Å². The second-order valence-electron chi connectivity index (χ2n) is 6.47. The standard InChI is InChI=1S/C18H23NO2/c1-14-7-5-8-15(13-14)10-11-16-9-6-12-19(16)17(20)21-18(2,3)4/h5,7-8,13,16H,6,9,12H2,1-4H3. The zero-order valence-electron chi connectivity index (χ0n) is 13.3. The fourth-order valence-corrected chi connectivity index (χ4v) is 2.35. The number of rotatable bonds is 0. The average Bonchev–Trinajstić information content (AvgIpc) is 2.83. The van der Waals surface area contributed by atoms with E-state index in [1.165, 1.54) is 5.56 Å².